The summed E-state index contributed by atoms with van der Waals surface area (Å²) in [7, 11) is 0. The number of thiophene rings is 1. The molecule has 0 radical (unpaired) electrons. The fourth-order valence-corrected chi connectivity index (χ4v) is 7.79. The zero-order valence-electron chi connectivity index (χ0n) is 25.7. The predicted molar refractivity (Wildman–Crippen MR) is 189 cm³/mol. The summed E-state index contributed by atoms with van der Waals surface area (Å²) in [6.45, 7) is 4.10. The maximum atomic E-state index is 13.3. The number of benzene rings is 4. The summed E-state index contributed by atoms with van der Waals surface area (Å²) in [5, 5.41) is 2.39. The van der Waals surface area contributed by atoms with Crippen LogP contribution in [0.2, 0.25) is 0 Å². The van der Waals surface area contributed by atoms with E-state index in [9.17, 15) is 22.8 Å². The van der Waals surface area contributed by atoms with Gasteiger partial charge in [-0.2, -0.15) is 21.9 Å². The van der Waals surface area contributed by atoms with Crippen molar-refractivity contribution in [1.29, 1.82) is 0 Å². The minimum atomic E-state index is -4.67. The summed E-state index contributed by atoms with van der Waals surface area (Å²) in [5.41, 5.74) is 2.73. The number of aromatic nitrogens is 3. The highest BCUT2D eigenvalue weighted by molar-refractivity contribution is 7.21. The van der Waals surface area contributed by atoms with E-state index in [0.717, 1.165) is 67.0 Å². The van der Waals surface area contributed by atoms with E-state index in [4.69, 9.17) is 0 Å². The molecule has 49 heavy (non-hydrogen) atoms. The second kappa shape index (κ2) is 11.5. The molecule has 0 aliphatic rings. The van der Waals surface area contributed by atoms with Gasteiger partial charge in [-0.15, -0.1) is 11.3 Å². The average molecular weight is 690 g/mol. The Hall–Kier alpha value is -5.59. The Morgan fingerprint density at radius 3 is 2.00 bits per heavy atom. The van der Waals surface area contributed by atoms with Crippen LogP contribution in [0.15, 0.2) is 112 Å². The standard InChI is InChI=1S/C37H22F3N5O2S2/c1-19-7-12-22(13-8-19)45(23-14-9-20(2)10-15-23)36-26-6-4-3-5-25(26)34(48-36)28-18-41-35(31-29(28)43-49-44-31)42-30-24-16-11-21(37(38,39)40)17-27(24)32(46)33(30)47/h3-18H,1-2H3/b42-30-. The van der Waals surface area contributed by atoms with Crippen molar-refractivity contribution in [3.05, 3.63) is 140 Å². The van der Waals surface area contributed by atoms with Gasteiger partial charge in [0.25, 0.3) is 5.43 Å². The monoisotopic (exact) mass is 689 g/mol. The first-order valence-electron chi connectivity index (χ1n) is 15.0. The molecule has 8 rings (SSSR count). The molecule has 7 nitrogen and oxygen atoms in total. The second-order valence-electron chi connectivity index (χ2n) is 11.6. The van der Waals surface area contributed by atoms with Gasteiger partial charge in [-0.3, -0.25) is 9.59 Å². The van der Waals surface area contributed by atoms with Gasteiger partial charge in [0.1, 0.15) is 21.4 Å². The van der Waals surface area contributed by atoms with Gasteiger partial charge in [0.2, 0.25) is 5.43 Å². The van der Waals surface area contributed by atoms with E-state index in [-0.39, 0.29) is 21.9 Å². The minimum absolute atomic E-state index is 0.0198. The molecule has 0 saturated carbocycles. The number of hydrogen-bond acceptors (Lipinski definition) is 9. The highest BCUT2D eigenvalue weighted by atomic mass is 32.1. The molecule has 0 amide bonds. The van der Waals surface area contributed by atoms with Crippen molar-refractivity contribution in [2.45, 2.75) is 20.0 Å². The third-order valence-corrected chi connectivity index (χ3v) is 10.2. The zero-order valence-corrected chi connectivity index (χ0v) is 27.4. The average Bonchev–Trinajstić information content (AvgIpc) is 3.79. The van der Waals surface area contributed by atoms with Crippen LogP contribution < -0.4 is 21.1 Å². The molecule has 0 bridgehead atoms. The second-order valence-corrected chi connectivity index (χ2v) is 13.1. The van der Waals surface area contributed by atoms with Crippen molar-refractivity contribution in [2.24, 2.45) is 4.99 Å². The molecular formula is C37H22F3N5O2S2. The molecule has 0 fully saturated rings. The number of fused-ring (bicyclic) bond motifs is 3. The van der Waals surface area contributed by atoms with Gasteiger partial charge in [-0.25, -0.2) is 9.98 Å². The highest BCUT2D eigenvalue weighted by Crippen LogP contribution is 2.50. The van der Waals surface area contributed by atoms with Crippen LogP contribution in [-0.2, 0) is 6.18 Å². The van der Waals surface area contributed by atoms with Crippen LogP contribution in [0.3, 0.4) is 0 Å². The van der Waals surface area contributed by atoms with Crippen LogP contribution in [0.1, 0.15) is 16.7 Å². The first-order chi connectivity index (χ1) is 23.6. The number of halogens is 3. The molecule has 12 heteroatoms. The van der Waals surface area contributed by atoms with E-state index in [1.54, 1.807) is 17.5 Å². The number of pyridine rings is 1. The highest BCUT2D eigenvalue weighted by Gasteiger charge is 2.31. The van der Waals surface area contributed by atoms with Crippen LogP contribution in [0.25, 0.3) is 43.0 Å². The lowest BCUT2D eigenvalue weighted by molar-refractivity contribution is -0.137. The van der Waals surface area contributed by atoms with E-state index in [1.807, 2.05) is 18.2 Å². The number of alkyl halides is 3. The Bertz CT molecular complexity index is 2680. The quantitative estimate of drug-likeness (QED) is 0.168. The fourth-order valence-electron chi connectivity index (χ4n) is 5.90. The molecule has 8 aromatic rings. The van der Waals surface area contributed by atoms with Gasteiger partial charge in [-0.05, 0) is 50.2 Å². The number of nitrogens with zero attached hydrogens (tertiary/aromatic N) is 5. The van der Waals surface area contributed by atoms with Crippen molar-refractivity contribution < 1.29 is 13.2 Å². The molecular weight excluding hydrogens is 668 g/mol. The Morgan fingerprint density at radius 1 is 0.714 bits per heavy atom. The number of rotatable bonds is 5. The summed E-state index contributed by atoms with van der Waals surface area (Å²) in [5.74, 6) is 0.0402. The van der Waals surface area contributed by atoms with E-state index in [0.29, 0.717) is 22.7 Å². The smallest absolute Gasteiger partial charge is 0.301 e. The first kappa shape index (κ1) is 30.7. The van der Waals surface area contributed by atoms with Crippen LogP contribution in [0, 0.1) is 13.8 Å². The van der Waals surface area contributed by atoms with E-state index < -0.39 is 22.6 Å². The molecule has 0 unspecified atom stereocenters. The molecule has 0 saturated heterocycles. The number of aryl methyl sites for hydroxylation is 2. The van der Waals surface area contributed by atoms with Crippen molar-refractivity contribution in [3.8, 4) is 10.4 Å². The van der Waals surface area contributed by atoms with Gasteiger partial charge in [0.05, 0.1) is 17.3 Å². The van der Waals surface area contributed by atoms with Crippen LogP contribution in [0.5, 0.6) is 0 Å². The first-order valence-corrected chi connectivity index (χ1v) is 16.6. The lowest BCUT2D eigenvalue weighted by Gasteiger charge is -2.24. The molecule has 0 N–H and O–H groups in total. The Kier molecular flexibility index (Phi) is 7.23. The van der Waals surface area contributed by atoms with E-state index >= 15 is 0 Å². The third-order valence-electron chi connectivity index (χ3n) is 8.39. The lowest BCUT2D eigenvalue weighted by Crippen LogP contribution is -2.30. The normalized spacial score (nSPS) is 12.5. The molecule has 0 aliphatic heterocycles. The zero-order chi connectivity index (χ0) is 34.0. The largest absolute Gasteiger partial charge is 0.416 e. The molecule has 3 heterocycles. The van der Waals surface area contributed by atoms with Crippen LogP contribution in [-0.4, -0.2) is 13.7 Å². The minimum Gasteiger partial charge on any atom is -0.301 e. The topological polar surface area (TPSA) is 88.4 Å². The van der Waals surface area contributed by atoms with Gasteiger partial charge < -0.3 is 4.90 Å². The van der Waals surface area contributed by atoms with E-state index in [2.05, 4.69) is 92.1 Å². The number of anilines is 3. The summed E-state index contributed by atoms with van der Waals surface area (Å²) in [6.07, 6.45) is -3.06. The van der Waals surface area contributed by atoms with E-state index in [1.165, 1.54) is 0 Å². The molecule has 240 valence electrons. The van der Waals surface area contributed by atoms with Gasteiger partial charge >= 0.3 is 6.18 Å². The van der Waals surface area contributed by atoms with Crippen LogP contribution in [0.4, 0.5) is 35.4 Å². The van der Waals surface area contributed by atoms with Gasteiger partial charge in [0.15, 0.2) is 5.82 Å². The fraction of sp³-hybridized carbons (Fsp3) is 0.0811. The van der Waals surface area contributed by atoms with Gasteiger partial charge in [-0.1, -0.05) is 65.7 Å². The van der Waals surface area contributed by atoms with Crippen molar-refractivity contribution >= 4 is 77.8 Å². The third kappa shape index (κ3) is 5.20. The maximum absolute atomic E-state index is 13.3. The van der Waals surface area contributed by atoms with Crippen molar-refractivity contribution in [1.82, 2.24) is 13.7 Å². The molecule has 3 aromatic heterocycles. The summed E-state index contributed by atoms with van der Waals surface area (Å²) < 4.78 is 49.0. The molecule has 0 atom stereocenters. The lowest BCUT2D eigenvalue weighted by atomic mass is 10.1. The SMILES string of the molecule is Cc1ccc(N(c2ccc(C)cc2)c2sc(-c3cnc(/N=c4\c(=O)c(=O)c5cc(C(F)(F)F)ccc45)c4nsnc34)c3ccccc23)cc1. The molecule has 0 aliphatic carbocycles. The molecule has 5 aromatic carbocycles. The van der Waals surface area contributed by atoms with Crippen LogP contribution >= 0.6 is 23.1 Å². The predicted octanol–water partition coefficient (Wildman–Crippen LogP) is 9.06. The maximum Gasteiger partial charge on any atom is 0.416 e. The summed E-state index contributed by atoms with van der Waals surface area (Å²) in [4.78, 5) is 37.7. The molecule has 0 spiro atoms. The van der Waals surface area contributed by atoms with Gasteiger partial charge in [0, 0.05) is 49.6 Å². The summed E-state index contributed by atoms with van der Waals surface area (Å²) >= 11 is 2.53. The summed E-state index contributed by atoms with van der Waals surface area (Å²) in [6, 6.07) is 27.4. The van der Waals surface area contributed by atoms with Crippen molar-refractivity contribution in [3.63, 3.8) is 0 Å². The Labute approximate surface area is 283 Å². The Morgan fingerprint density at radius 2 is 1.35 bits per heavy atom. The Balaban J connectivity index is 1.31. The number of hydrogen-bond donors (Lipinski definition) is 0. The van der Waals surface area contributed by atoms with Crippen molar-refractivity contribution in [2.75, 3.05) is 4.90 Å².